The van der Waals surface area contributed by atoms with E-state index in [9.17, 15) is 9.59 Å². The fourth-order valence-corrected chi connectivity index (χ4v) is 2.89. The lowest BCUT2D eigenvalue weighted by molar-refractivity contribution is 0.0194. The zero-order valence-corrected chi connectivity index (χ0v) is 14.8. The summed E-state index contributed by atoms with van der Waals surface area (Å²) in [6.45, 7) is 9.11. The van der Waals surface area contributed by atoms with E-state index < -0.39 is 11.6 Å². The van der Waals surface area contributed by atoms with Gasteiger partial charge in [-0.25, -0.2) is 14.6 Å². The van der Waals surface area contributed by atoms with Crippen molar-refractivity contribution in [3.8, 4) is 0 Å². The molecule has 1 aromatic heterocycles. The number of hydrogen-bond acceptors (Lipinski definition) is 5. The minimum absolute atomic E-state index is 0.305. The highest BCUT2D eigenvalue weighted by Gasteiger charge is 2.36. The second kappa shape index (κ2) is 6.11. The van der Waals surface area contributed by atoms with Crippen LogP contribution >= 0.6 is 0 Å². The molecule has 1 saturated carbocycles. The Kier molecular flexibility index (Phi) is 4.27. The van der Waals surface area contributed by atoms with Crippen LogP contribution in [-0.2, 0) is 22.6 Å². The van der Waals surface area contributed by atoms with Gasteiger partial charge in [0.25, 0.3) is 0 Å². The van der Waals surface area contributed by atoms with Gasteiger partial charge in [0.1, 0.15) is 11.4 Å². The summed E-state index contributed by atoms with van der Waals surface area (Å²) in [6, 6.07) is 0. The van der Waals surface area contributed by atoms with Crippen LogP contribution in [0.3, 0.4) is 0 Å². The molecule has 0 aromatic carbocycles. The molecule has 7 nitrogen and oxygen atoms in total. The first kappa shape index (κ1) is 16.8. The lowest BCUT2D eigenvalue weighted by Crippen LogP contribution is -2.42. The molecule has 2 heterocycles. The van der Waals surface area contributed by atoms with Gasteiger partial charge in [0.15, 0.2) is 5.69 Å². The summed E-state index contributed by atoms with van der Waals surface area (Å²) in [4.78, 5) is 30.8. The molecule has 1 amide bonds. The molecule has 0 radical (unpaired) electrons. The largest absolute Gasteiger partial charge is 0.461 e. The predicted octanol–water partition coefficient (Wildman–Crippen LogP) is 2.69. The van der Waals surface area contributed by atoms with Crippen molar-refractivity contribution >= 4 is 12.1 Å². The van der Waals surface area contributed by atoms with E-state index in [4.69, 9.17) is 9.47 Å². The van der Waals surface area contributed by atoms with Gasteiger partial charge in [0.2, 0.25) is 0 Å². The van der Waals surface area contributed by atoms with Crippen LogP contribution in [0.5, 0.6) is 0 Å². The van der Waals surface area contributed by atoms with E-state index in [1.165, 1.54) is 0 Å². The number of nitrogens with zero attached hydrogens (tertiary/aromatic N) is 3. The fourth-order valence-electron chi connectivity index (χ4n) is 2.89. The lowest BCUT2D eigenvalue weighted by atomic mass is 10.2. The molecule has 0 atom stereocenters. The Bertz CT molecular complexity index is 656. The monoisotopic (exact) mass is 335 g/mol. The number of hydrogen-bond donors (Lipinski definition) is 0. The van der Waals surface area contributed by atoms with E-state index in [0.717, 1.165) is 24.4 Å². The van der Waals surface area contributed by atoms with Gasteiger partial charge in [-0.2, -0.15) is 0 Å². The quantitative estimate of drug-likeness (QED) is 0.794. The molecule has 0 saturated heterocycles. The van der Waals surface area contributed by atoms with Gasteiger partial charge < -0.3 is 18.9 Å². The smallest absolute Gasteiger partial charge is 0.410 e. The van der Waals surface area contributed by atoms with Crippen molar-refractivity contribution in [2.45, 2.75) is 65.1 Å². The number of aromatic nitrogens is 2. The molecule has 0 unspecified atom stereocenters. The molecule has 3 rings (SSSR count). The number of rotatable bonds is 3. The minimum Gasteiger partial charge on any atom is -0.461 e. The summed E-state index contributed by atoms with van der Waals surface area (Å²) in [6.07, 6.45) is 1.85. The average Bonchev–Trinajstić information content (AvgIpc) is 3.26. The van der Waals surface area contributed by atoms with E-state index in [1.54, 1.807) is 11.8 Å². The van der Waals surface area contributed by atoms with E-state index in [2.05, 4.69) is 9.55 Å². The molecular weight excluding hydrogens is 310 g/mol. The van der Waals surface area contributed by atoms with Crippen LogP contribution in [0.4, 0.5) is 4.79 Å². The zero-order chi connectivity index (χ0) is 17.5. The number of esters is 1. The Balaban J connectivity index is 1.86. The zero-order valence-electron chi connectivity index (χ0n) is 14.8. The highest BCUT2D eigenvalue weighted by atomic mass is 16.6. The first-order chi connectivity index (χ1) is 11.3. The number of amides is 1. The van der Waals surface area contributed by atoms with Crippen molar-refractivity contribution in [2.75, 3.05) is 13.2 Å². The minimum atomic E-state index is -0.544. The standard InChI is InChI=1S/C17H25N3O4/c1-5-23-15(21)13-12-10-19(16(22)24-17(2,3)4)8-9-20(12)14(18-13)11-6-7-11/h11H,5-10H2,1-4H3. The molecule has 132 valence electrons. The van der Waals surface area contributed by atoms with Crippen molar-refractivity contribution in [3.63, 3.8) is 0 Å². The van der Waals surface area contributed by atoms with Gasteiger partial charge in [-0.15, -0.1) is 0 Å². The van der Waals surface area contributed by atoms with Crippen molar-refractivity contribution in [1.82, 2.24) is 14.5 Å². The summed E-state index contributed by atoms with van der Waals surface area (Å²) in [5, 5.41) is 0. The summed E-state index contributed by atoms with van der Waals surface area (Å²) >= 11 is 0. The molecule has 1 aliphatic heterocycles. The second-order valence-electron chi connectivity index (χ2n) is 7.31. The van der Waals surface area contributed by atoms with Crippen LogP contribution < -0.4 is 0 Å². The Morgan fingerprint density at radius 1 is 1.25 bits per heavy atom. The highest BCUT2D eigenvalue weighted by molar-refractivity contribution is 5.89. The highest BCUT2D eigenvalue weighted by Crippen LogP contribution is 2.41. The van der Waals surface area contributed by atoms with Crippen LogP contribution in [0, 0.1) is 0 Å². The fraction of sp³-hybridized carbons (Fsp3) is 0.706. The third-order valence-electron chi connectivity index (χ3n) is 4.10. The number of carbonyl (C=O) groups excluding carboxylic acids is 2. The SMILES string of the molecule is CCOC(=O)c1nc(C2CC2)n2c1CN(C(=O)OC(C)(C)C)CC2. The Morgan fingerprint density at radius 2 is 1.96 bits per heavy atom. The molecule has 0 N–H and O–H groups in total. The molecule has 1 aliphatic carbocycles. The molecule has 7 heteroatoms. The van der Waals surface area contributed by atoms with Crippen molar-refractivity contribution in [2.24, 2.45) is 0 Å². The maximum absolute atomic E-state index is 12.3. The number of ether oxygens (including phenoxy) is 2. The molecule has 0 bridgehead atoms. The first-order valence-electron chi connectivity index (χ1n) is 8.54. The summed E-state index contributed by atoms with van der Waals surface area (Å²) < 4.78 is 12.7. The summed E-state index contributed by atoms with van der Waals surface area (Å²) in [5.41, 5.74) is 0.553. The van der Waals surface area contributed by atoms with Crippen LogP contribution in [-0.4, -0.2) is 45.3 Å². The normalized spacial score (nSPS) is 17.4. The Labute approximate surface area is 141 Å². The molecule has 24 heavy (non-hydrogen) atoms. The topological polar surface area (TPSA) is 73.7 Å². The van der Waals surface area contributed by atoms with E-state index in [-0.39, 0.29) is 6.09 Å². The molecular formula is C17H25N3O4. The number of carbonyl (C=O) groups is 2. The third kappa shape index (κ3) is 3.39. The maximum atomic E-state index is 12.3. The molecule has 2 aliphatic rings. The van der Waals surface area contributed by atoms with Crippen molar-refractivity contribution < 1.29 is 19.1 Å². The maximum Gasteiger partial charge on any atom is 0.410 e. The molecule has 1 fully saturated rings. The predicted molar refractivity (Wildman–Crippen MR) is 86.8 cm³/mol. The Morgan fingerprint density at radius 3 is 2.54 bits per heavy atom. The van der Waals surface area contributed by atoms with Crippen LogP contribution in [0.25, 0.3) is 0 Å². The van der Waals surface area contributed by atoms with Crippen molar-refractivity contribution in [3.05, 3.63) is 17.2 Å². The molecule has 0 spiro atoms. The number of fused-ring (bicyclic) bond motifs is 1. The molecule has 1 aromatic rings. The first-order valence-corrected chi connectivity index (χ1v) is 8.54. The Hall–Kier alpha value is -2.05. The second-order valence-corrected chi connectivity index (χ2v) is 7.31. The van der Waals surface area contributed by atoms with Crippen LogP contribution in [0.1, 0.15) is 68.5 Å². The van der Waals surface area contributed by atoms with Gasteiger partial charge in [0, 0.05) is 19.0 Å². The van der Waals surface area contributed by atoms with Gasteiger partial charge in [-0.05, 0) is 40.5 Å². The number of imidazole rings is 1. The third-order valence-corrected chi connectivity index (χ3v) is 4.10. The van der Waals surface area contributed by atoms with Crippen LogP contribution in [0.15, 0.2) is 0 Å². The van der Waals surface area contributed by atoms with Gasteiger partial charge >= 0.3 is 12.1 Å². The van der Waals surface area contributed by atoms with Gasteiger partial charge in [-0.3, -0.25) is 0 Å². The van der Waals surface area contributed by atoms with Crippen molar-refractivity contribution in [1.29, 1.82) is 0 Å². The van der Waals surface area contributed by atoms with Gasteiger partial charge in [0.05, 0.1) is 18.8 Å². The van der Waals surface area contributed by atoms with E-state index >= 15 is 0 Å². The lowest BCUT2D eigenvalue weighted by Gasteiger charge is -2.31. The van der Waals surface area contributed by atoms with E-state index in [1.807, 2.05) is 20.8 Å². The van der Waals surface area contributed by atoms with Crippen LogP contribution in [0.2, 0.25) is 0 Å². The summed E-state index contributed by atoms with van der Waals surface area (Å²) in [5.74, 6) is 0.969. The summed E-state index contributed by atoms with van der Waals surface area (Å²) in [7, 11) is 0. The van der Waals surface area contributed by atoms with Gasteiger partial charge in [-0.1, -0.05) is 0 Å². The average molecular weight is 335 g/mol. The van der Waals surface area contributed by atoms with E-state index in [0.29, 0.717) is 37.9 Å².